The Morgan fingerprint density at radius 1 is 1.38 bits per heavy atom. The lowest BCUT2D eigenvalue weighted by Crippen LogP contribution is -2.35. The molecule has 0 aliphatic carbocycles. The Labute approximate surface area is 121 Å². The number of nitrogens with one attached hydrogen (secondary N) is 1. The lowest BCUT2D eigenvalue weighted by Gasteiger charge is -2.26. The Bertz CT molecular complexity index is 585. The maximum absolute atomic E-state index is 11.7. The molecular formula is C14H16N2O5. The van der Waals surface area contributed by atoms with Crippen molar-refractivity contribution in [3.8, 4) is 5.75 Å². The van der Waals surface area contributed by atoms with E-state index < -0.39 is 5.97 Å². The highest BCUT2D eigenvalue weighted by molar-refractivity contribution is 5.99. The second-order valence-electron chi connectivity index (χ2n) is 4.55. The maximum atomic E-state index is 11.7. The normalized spacial score (nSPS) is 13.2. The minimum absolute atomic E-state index is 0.00827. The van der Waals surface area contributed by atoms with Crippen molar-refractivity contribution in [3.05, 3.63) is 18.2 Å². The Hall–Kier alpha value is -2.57. The van der Waals surface area contributed by atoms with Crippen molar-refractivity contribution in [1.29, 1.82) is 0 Å². The summed E-state index contributed by atoms with van der Waals surface area (Å²) in [4.78, 5) is 35.7. The number of anilines is 2. The molecule has 112 valence electrons. The molecular weight excluding hydrogens is 276 g/mol. The molecule has 0 atom stereocenters. The fourth-order valence-electron chi connectivity index (χ4n) is 1.89. The number of nitrogens with zero attached hydrogens (tertiary/aromatic N) is 1. The zero-order chi connectivity index (χ0) is 15.4. The average molecular weight is 292 g/mol. The lowest BCUT2D eigenvalue weighted by atomic mass is 10.2. The third kappa shape index (κ3) is 3.50. The monoisotopic (exact) mass is 292 g/mol. The van der Waals surface area contributed by atoms with Crippen molar-refractivity contribution >= 4 is 29.2 Å². The van der Waals surface area contributed by atoms with Gasteiger partial charge in [0.25, 0.3) is 5.91 Å². The largest absolute Gasteiger partial charge is 0.482 e. The molecule has 1 aliphatic rings. The first kappa shape index (κ1) is 14.8. The molecule has 7 nitrogen and oxygen atoms in total. The van der Waals surface area contributed by atoms with Crippen LogP contribution in [0.15, 0.2) is 18.2 Å². The number of likely N-dealkylation sites (N-methyl/N-ethyl adjacent to an activating group) is 1. The number of esters is 1. The molecule has 0 bridgehead atoms. The maximum Gasteiger partial charge on any atom is 0.306 e. The van der Waals surface area contributed by atoms with E-state index in [1.165, 1.54) is 12.0 Å². The standard InChI is InChI=1S/C14H16N2O5/c1-16-10-7-9(3-4-11(10)21-8-13(16)18)15-12(17)5-6-14(19)20-2/h3-4,7H,5-6,8H2,1-2H3,(H,15,17). The van der Waals surface area contributed by atoms with E-state index in [9.17, 15) is 14.4 Å². The van der Waals surface area contributed by atoms with Crippen LogP contribution in [0.4, 0.5) is 11.4 Å². The Kier molecular flexibility index (Phi) is 4.42. The number of methoxy groups -OCH3 is 1. The van der Waals surface area contributed by atoms with E-state index in [2.05, 4.69) is 10.1 Å². The summed E-state index contributed by atoms with van der Waals surface area (Å²) in [5, 5.41) is 2.67. The first-order valence-electron chi connectivity index (χ1n) is 6.41. The van der Waals surface area contributed by atoms with E-state index in [1.807, 2.05) is 0 Å². The summed E-state index contributed by atoms with van der Waals surface area (Å²) in [5.41, 5.74) is 1.13. The predicted molar refractivity (Wildman–Crippen MR) is 75.2 cm³/mol. The molecule has 0 radical (unpaired) electrons. The van der Waals surface area contributed by atoms with Crippen LogP contribution >= 0.6 is 0 Å². The van der Waals surface area contributed by atoms with Crippen LogP contribution in [0.3, 0.4) is 0 Å². The zero-order valence-electron chi connectivity index (χ0n) is 11.8. The average Bonchev–Trinajstić information content (AvgIpc) is 2.49. The number of rotatable bonds is 4. The second kappa shape index (κ2) is 6.25. The van der Waals surface area contributed by atoms with Gasteiger partial charge in [0.2, 0.25) is 5.91 Å². The van der Waals surface area contributed by atoms with Crippen LogP contribution in [-0.4, -0.2) is 38.5 Å². The molecule has 1 aromatic rings. The van der Waals surface area contributed by atoms with Crippen LogP contribution in [0.2, 0.25) is 0 Å². The van der Waals surface area contributed by atoms with Crippen LogP contribution < -0.4 is 15.0 Å². The quantitative estimate of drug-likeness (QED) is 0.835. The number of carbonyl (C=O) groups excluding carboxylic acids is 3. The zero-order valence-corrected chi connectivity index (χ0v) is 11.8. The Morgan fingerprint density at radius 2 is 2.14 bits per heavy atom. The molecule has 0 unspecified atom stereocenters. The van der Waals surface area contributed by atoms with Gasteiger partial charge in [-0.25, -0.2) is 0 Å². The molecule has 1 N–H and O–H groups in total. The van der Waals surface area contributed by atoms with Gasteiger partial charge in [0.1, 0.15) is 5.75 Å². The van der Waals surface area contributed by atoms with Gasteiger partial charge < -0.3 is 19.7 Å². The molecule has 0 aromatic heterocycles. The number of benzene rings is 1. The van der Waals surface area contributed by atoms with Crippen molar-refractivity contribution in [2.24, 2.45) is 0 Å². The van der Waals surface area contributed by atoms with Gasteiger partial charge in [-0.2, -0.15) is 0 Å². The molecule has 7 heteroatoms. The van der Waals surface area contributed by atoms with Crippen LogP contribution in [0, 0.1) is 0 Å². The van der Waals surface area contributed by atoms with Crippen molar-refractivity contribution < 1.29 is 23.9 Å². The Balaban J connectivity index is 2.03. The summed E-state index contributed by atoms with van der Waals surface area (Å²) in [6.45, 7) is 0.00827. The van der Waals surface area contributed by atoms with E-state index in [1.54, 1.807) is 25.2 Å². The number of fused-ring (bicyclic) bond motifs is 1. The topological polar surface area (TPSA) is 84.9 Å². The van der Waals surface area contributed by atoms with Crippen LogP contribution in [0.1, 0.15) is 12.8 Å². The van der Waals surface area contributed by atoms with Gasteiger partial charge in [-0.15, -0.1) is 0 Å². The van der Waals surface area contributed by atoms with Crippen LogP contribution in [0.25, 0.3) is 0 Å². The van der Waals surface area contributed by atoms with Gasteiger partial charge in [-0.1, -0.05) is 0 Å². The van der Waals surface area contributed by atoms with E-state index in [0.29, 0.717) is 17.1 Å². The Morgan fingerprint density at radius 3 is 2.86 bits per heavy atom. The van der Waals surface area contributed by atoms with Crippen molar-refractivity contribution in [2.75, 3.05) is 31.0 Å². The molecule has 0 saturated heterocycles. The highest BCUT2D eigenvalue weighted by Crippen LogP contribution is 2.33. The molecule has 1 heterocycles. The van der Waals surface area contributed by atoms with E-state index >= 15 is 0 Å². The predicted octanol–water partition coefficient (Wildman–Crippen LogP) is 0.933. The summed E-state index contributed by atoms with van der Waals surface area (Å²) >= 11 is 0. The summed E-state index contributed by atoms with van der Waals surface area (Å²) in [7, 11) is 2.92. The minimum atomic E-state index is -0.436. The van der Waals surface area contributed by atoms with Crippen molar-refractivity contribution in [1.82, 2.24) is 0 Å². The fourth-order valence-corrected chi connectivity index (χ4v) is 1.89. The highest BCUT2D eigenvalue weighted by atomic mass is 16.5. The van der Waals surface area contributed by atoms with Crippen molar-refractivity contribution in [3.63, 3.8) is 0 Å². The molecule has 2 amide bonds. The fraction of sp³-hybridized carbons (Fsp3) is 0.357. The molecule has 21 heavy (non-hydrogen) atoms. The van der Waals surface area contributed by atoms with E-state index in [0.717, 1.165) is 0 Å². The van der Waals surface area contributed by atoms with Gasteiger partial charge in [-0.3, -0.25) is 14.4 Å². The SMILES string of the molecule is COC(=O)CCC(=O)Nc1ccc2c(c1)N(C)C(=O)CO2. The molecule has 0 spiro atoms. The first-order valence-corrected chi connectivity index (χ1v) is 6.41. The van der Waals surface area contributed by atoms with Crippen LogP contribution in [0.5, 0.6) is 5.75 Å². The molecule has 2 rings (SSSR count). The van der Waals surface area contributed by atoms with Crippen LogP contribution in [-0.2, 0) is 19.1 Å². The number of hydrogen-bond donors (Lipinski definition) is 1. The molecule has 1 aliphatic heterocycles. The molecule has 0 fully saturated rings. The molecule has 1 aromatic carbocycles. The summed E-state index contributed by atoms with van der Waals surface area (Å²) in [6.07, 6.45) is 0.0593. The third-order valence-corrected chi connectivity index (χ3v) is 3.11. The van der Waals surface area contributed by atoms with Crippen molar-refractivity contribution in [2.45, 2.75) is 12.8 Å². The molecule has 0 saturated carbocycles. The number of carbonyl (C=O) groups is 3. The second-order valence-corrected chi connectivity index (χ2v) is 4.55. The summed E-state index contributed by atoms with van der Waals surface area (Å²) in [5.74, 6) is -0.304. The van der Waals surface area contributed by atoms with Gasteiger partial charge in [0.05, 0.1) is 19.2 Å². The number of ether oxygens (including phenoxy) is 2. The number of hydrogen-bond acceptors (Lipinski definition) is 5. The van der Waals surface area contributed by atoms with Gasteiger partial charge >= 0.3 is 5.97 Å². The smallest absolute Gasteiger partial charge is 0.306 e. The highest BCUT2D eigenvalue weighted by Gasteiger charge is 2.22. The summed E-state index contributed by atoms with van der Waals surface area (Å²) in [6, 6.07) is 5.02. The third-order valence-electron chi connectivity index (χ3n) is 3.11. The summed E-state index contributed by atoms with van der Waals surface area (Å²) < 4.78 is 9.77. The van der Waals surface area contributed by atoms with E-state index in [-0.39, 0.29) is 31.3 Å². The minimum Gasteiger partial charge on any atom is -0.482 e. The number of amides is 2. The van der Waals surface area contributed by atoms with Gasteiger partial charge in [0.15, 0.2) is 6.61 Å². The van der Waals surface area contributed by atoms with E-state index in [4.69, 9.17) is 4.74 Å². The van der Waals surface area contributed by atoms with Gasteiger partial charge in [-0.05, 0) is 18.2 Å². The lowest BCUT2D eigenvalue weighted by molar-refractivity contribution is -0.141. The first-order chi connectivity index (χ1) is 10.0. The van der Waals surface area contributed by atoms with Gasteiger partial charge in [0, 0.05) is 19.2 Å².